The second-order valence-electron chi connectivity index (χ2n) is 7.63. The van der Waals surface area contributed by atoms with Gasteiger partial charge in [0.05, 0.1) is 5.75 Å². The van der Waals surface area contributed by atoms with Gasteiger partial charge in [0.25, 0.3) is 0 Å². The normalized spacial score (nSPS) is 13.9. The highest BCUT2D eigenvalue weighted by molar-refractivity contribution is 7.99. The predicted octanol–water partition coefficient (Wildman–Crippen LogP) is 3.54. The molecule has 1 aliphatic heterocycles. The van der Waals surface area contributed by atoms with Crippen molar-refractivity contribution in [1.82, 2.24) is 14.8 Å². The first-order chi connectivity index (χ1) is 15.2. The van der Waals surface area contributed by atoms with E-state index in [1.165, 1.54) is 36.7 Å². The maximum Gasteiger partial charge on any atom is 0.343 e. The smallest absolute Gasteiger partial charge is 0.343 e. The third-order valence-corrected chi connectivity index (χ3v) is 6.37. The van der Waals surface area contributed by atoms with Crippen molar-refractivity contribution < 1.29 is 4.79 Å². The number of carbonyl (C=O) groups is 1. The lowest BCUT2D eigenvalue weighted by Crippen LogP contribution is -2.29. The van der Waals surface area contributed by atoms with Crippen molar-refractivity contribution in [3.05, 3.63) is 70.6 Å². The van der Waals surface area contributed by atoms with Crippen LogP contribution in [0.15, 0.2) is 64.5 Å². The van der Waals surface area contributed by atoms with E-state index < -0.39 is 0 Å². The average Bonchev–Trinajstić information content (AvgIpc) is 3.17. The summed E-state index contributed by atoms with van der Waals surface area (Å²) in [7, 11) is 0. The lowest BCUT2D eigenvalue weighted by molar-refractivity contribution is -0.113. The molecular weight excluding hydrogens is 410 g/mol. The molecule has 1 fully saturated rings. The van der Waals surface area contributed by atoms with Crippen molar-refractivity contribution >= 4 is 29.0 Å². The average molecular weight is 438 g/mol. The van der Waals surface area contributed by atoms with Crippen LogP contribution in [0.3, 0.4) is 0 Å². The summed E-state index contributed by atoms with van der Waals surface area (Å²) in [6.45, 7) is 2.71. The summed E-state index contributed by atoms with van der Waals surface area (Å²) in [6.07, 6.45) is 4.50. The van der Waals surface area contributed by atoms with E-state index in [0.29, 0.717) is 11.7 Å². The van der Waals surface area contributed by atoms with Gasteiger partial charge in [0.15, 0.2) is 5.16 Å². The van der Waals surface area contributed by atoms with Crippen LogP contribution in [0.2, 0.25) is 0 Å². The molecule has 2 heterocycles. The van der Waals surface area contributed by atoms with Crippen LogP contribution in [0.1, 0.15) is 24.8 Å². The Bertz CT molecular complexity index is 1040. The molecule has 1 aromatic heterocycles. The van der Waals surface area contributed by atoms with E-state index in [1.807, 2.05) is 42.5 Å². The van der Waals surface area contributed by atoms with Crippen LogP contribution >= 0.6 is 11.8 Å². The quantitative estimate of drug-likeness (QED) is 0.527. The third-order valence-electron chi connectivity index (χ3n) is 5.39. The van der Waals surface area contributed by atoms with Gasteiger partial charge < -0.3 is 10.2 Å². The Labute approximate surface area is 185 Å². The van der Waals surface area contributed by atoms with E-state index in [2.05, 4.69) is 32.5 Å². The SMILES string of the molecule is O=C(CSc1n[nH]c(=O)n1CCc1ccccc1)Nc1ccc(N2CCCCC2)cc1. The molecule has 3 aromatic rings. The second kappa shape index (κ2) is 10.3. The molecule has 4 rings (SSSR count). The number of nitrogens with zero attached hydrogens (tertiary/aromatic N) is 3. The molecule has 162 valence electrons. The summed E-state index contributed by atoms with van der Waals surface area (Å²) in [5.41, 5.74) is 2.87. The van der Waals surface area contributed by atoms with Crippen LogP contribution in [0.25, 0.3) is 0 Å². The fourth-order valence-corrected chi connectivity index (χ4v) is 4.50. The van der Waals surface area contributed by atoms with Crippen molar-refractivity contribution in [1.29, 1.82) is 0 Å². The minimum atomic E-state index is -0.257. The summed E-state index contributed by atoms with van der Waals surface area (Å²) in [5.74, 6) is 0.0598. The zero-order valence-electron chi connectivity index (χ0n) is 17.4. The number of hydrogen-bond acceptors (Lipinski definition) is 5. The van der Waals surface area contributed by atoms with E-state index in [9.17, 15) is 9.59 Å². The first-order valence-corrected chi connectivity index (χ1v) is 11.6. The summed E-state index contributed by atoms with van der Waals surface area (Å²) in [5, 5.41) is 10.0. The van der Waals surface area contributed by atoms with Crippen LogP contribution < -0.4 is 15.9 Å². The maximum absolute atomic E-state index is 12.4. The van der Waals surface area contributed by atoms with Crippen LogP contribution in [0.4, 0.5) is 11.4 Å². The Morgan fingerprint density at radius 1 is 1.03 bits per heavy atom. The van der Waals surface area contributed by atoms with Crippen molar-refractivity contribution in [3.63, 3.8) is 0 Å². The third kappa shape index (κ3) is 5.79. The summed E-state index contributed by atoms with van der Waals surface area (Å²) in [6, 6.07) is 18.0. The Hall–Kier alpha value is -3.00. The van der Waals surface area contributed by atoms with Crippen LogP contribution in [0, 0.1) is 0 Å². The Morgan fingerprint density at radius 3 is 2.52 bits per heavy atom. The topological polar surface area (TPSA) is 83.0 Å². The molecule has 2 N–H and O–H groups in total. The monoisotopic (exact) mass is 437 g/mol. The number of piperidine rings is 1. The summed E-state index contributed by atoms with van der Waals surface area (Å²) < 4.78 is 1.58. The number of carbonyl (C=O) groups excluding carboxylic acids is 1. The number of benzene rings is 2. The number of aryl methyl sites for hydroxylation is 1. The molecule has 1 aliphatic rings. The molecule has 0 bridgehead atoms. The number of hydrogen-bond donors (Lipinski definition) is 2. The molecule has 0 aliphatic carbocycles. The first-order valence-electron chi connectivity index (χ1n) is 10.7. The summed E-state index contributed by atoms with van der Waals surface area (Å²) >= 11 is 1.26. The lowest BCUT2D eigenvalue weighted by atomic mass is 10.1. The molecule has 0 saturated carbocycles. The molecule has 0 spiro atoms. The van der Waals surface area contributed by atoms with Gasteiger partial charge in [-0.2, -0.15) is 0 Å². The minimum absolute atomic E-state index is 0.124. The molecule has 1 saturated heterocycles. The summed E-state index contributed by atoms with van der Waals surface area (Å²) in [4.78, 5) is 26.9. The number of anilines is 2. The highest BCUT2D eigenvalue weighted by atomic mass is 32.2. The Balaban J connectivity index is 1.29. The van der Waals surface area contributed by atoms with Crippen LogP contribution in [-0.2, 0) is 17.8 Å². The van der Waals surface area contributed by atoms with Gasteiger partial charge in [0.2, 0.25) is 5.91 Å². The molecule has 0 radical (unpaired) electrons. The fraction of sp³-hybridized carbons (Fsp3) is 0.348. The largest absolute Gasteiger partial charge is 0.372 e. The van der Waals surface area contributed by atoms with Gasteiger partial charge in [-0.25, -0.2) is 9.89 Å². The van der Waals surface area contributed by atoms with E-state index in [-0.39, 0.29) is 17.3 Å². The van der Waals surface area contributed by atoms with E-state index in [1.54, 1.807) is 4.57 Å². The molecule has 7 nitrogen and oxygen atoms in total. The number of rotatable bonds is 8. The minimum Gasteiger partial charge on any atom is -0.372 e. The molecule has 0 atom stereocenters. The predicted molar refractivity (Wildman–Crippen MR) is 125 cm³/mol. The lowest BCUT2D eigenvalue weighted by Gasteiger charge is -2.28. The highest BCUT2D eigenvalue weighted by Gasteiger charge is 2.13. The number of aromatic amines is 1. The first kappa shape index (κ1) is 21.2. The highest BCUT2D eigenvalue weighted by Crippen LogP contribution is 2.22. The van der Waals surface area contributed by atoms with Crippen molar-refractivity contribution in [2.24, 2.45) is 0 Å². The number of nitrogens with one attached hydrogen (secondary N) is 2. The van der Waals surface area contributed by atoms with Crippen molar-refractivity contribution in [2.45, 2.75) is 37.4 Å². The standard InChI is InChI=1S/C23H27N5O2S/c29-21(24-19-9-11-20(12-10-19)27-14-5-2-6-15-27)17-31-23-26-25-22(30)28(23)16-13-18-7-3-1-4-8-18/h1,3-4,7-12H,2,5-6,13-17H2,(H,24,29)(H,25,30). The van der Waals surface area contributed by atoms with Gasteiger partial charge in [-0.15, -0.1) is 5.10 Å². The molecule has 2 aromatic carbocycles. The molecule has 31 heavy (non-hydrogen) atoms. The number of amides is 1. The molecular formula is C23H27N5O2S. The van der Waals surface area contributed by atoms with Crippen molar-refractivity contribution in [3.8, 4) is 0 Å². The zero-order valence-corrected chi connectivity index (χ0v) is 18.2. The van der Waals surface area contributed by atoms with Gasteiger partial charge in [0.1, 0.15) is 0 Å². The fourth-order valence-electron chi connectivity index (χ4n) is 3.73. The van der Waals surface area contributed by atoms with E-state index >= 15 is 0 Å². The molecule has 1 amide bonds. The van der Waals surface area contributed by atoms with E-state index in [4.69, 9.17) is 0 Å². The van der Waals surface area contributed by atoms with Gasteiger partial charge in [-0.05, 0) is 55.5 Å². The van der Waals surface area contributed by atoms with Gasteiger partial charge >= 0.3 is 5.69 Å². The molecule has 8 heteroatoms. The number of aromatic nitrogens is 3. The van der Waals surface area contributed by atoms with Gasteiger partial charge in [-0.3, -0.25) is 9.36 Å². The Morgan fingerprint density at radius 2 is 1.77 bits per heavy atom. The maximum atomic E-state index is 12.4. The number of thioether (sulfide) groups is 1. The second-order valence-corrected chi connectivity index (χ2v) is 8.57. The Kier molecular flexibility index (Phi) is 7.09. The van der Waals surface area contributed by atoms with Crippen LogP contribution in [-0.4, -0.2) is 39.5 Å². The van der Waals surface area contributed by atoms with E-state index in [0.717, 1.165) is 30.8 Å². The van der Waals surface area contributed by atoms with Crippen molar-refractivity contribution in [2.75, 3.05) is 29.1 Å². The number of H-pyrrole nitrogens is 1. The zero-order chi connectivity index (χ0) is 21.5. The van der Waals surface area contributed by atoms with Gasteiger partial charge in [0, 0.05) is 31.0 Å². The van der Waals surface area contributed by atoms with Crippen LogP contribution in [0.5, 0.6) is 0 Å². The molecule has 0 unspecified atom stereocenters. The van der Waals surface area contributed by atoms with Gasteiger partial charge in [-0.1, -0.05) is 42.1 Å².